The third kappa shape index (κ3) is 5.46. The number of aryl methyl sites for hydroxylation is 3. The normalized spacial score (nSPS) is 16.8. The third-order valence-corrected chi connectivity index (χ3v) is 6.34. The highest BCUT2D eigenvalue weighted by Gasteiger charge is 2.27. The molecule has 1 N–H and O–H groups in total. The SMILES string of the molecule is CCc1ccc(-c2nc(CN3CCC[C@@H](C(=O)NCc4ccc(C)cc4)C3)c(C)o2)cc1. The van der Waals surface area contributed by atoms with Crippen molar-refractivity contribution < 1.29 is 9.21 Å². The molecule has 0 aliphatic carbocycles. The number of oxazole rings is 1. The first-order chi connectivity index (χ1) is 15.5. The first kappa shape index (κ1) is 22.3. The van der Waals surface area contributed by atoms with Gasteiger partial charge in [-0.25, -0.2) is 4.98 Å². The quantitative estimate of drug-likeness (QED) is 0.569. The Bertz CT molecular complexity index is 1040. The summed E-state index contributed by atoms with van der Waals surface area (Å²) in [4.78, 5) is 19.9. The average molecular weight is 432 g/mol. The minimum Gasteiger partial charge on any atom is -0.441 e. The van der Waals surface area contributed by atoms with Gasteiger partial charge in [-0.15, -0.1) is 0 Å². The van der Waals surface area contributed by atoms with Crippen LogP contribution >= 0.6 is 0 Å². The van der Waals surface area contributed by atoms with Gasteiger partial charge in [0.05, 0.1) is 11.6 Å². The Morgan fingerprint density at radius 2 is 1.81 bits per heavy atom. The van der Waals surface area contributed by atoms with Crippen LogP contribution in [0, 0.1) is 19.8 Å². The molecule has 1 saturated heterocycles. The van der Waals surface area contributed by atoms with Gasteiger partial charge in [-0.1, -0.05) is 48.9 Å². The van der Waals surface area contributed by atoms with E-state index in [2.05, 4.69) is 72.6 Å². The van der Waals surface area contributed by atoms with Crippen LogP contribution in [0.15, 0.2) is 52.9 Å². The van der Waals surface area contributed by atoms with Crippen molar-refractivity contribution in [1.82, 2.24) is 15.2 Å². The highest BCUT2D eigenvalue weighted by molar-refractivity contribution is 5.79. The molecule has 1 aliphatic rings. The van der Waals surface area contributed by atoms with Gasteiger partial charge in [0, 0.05) is 25.2 Å². The van der Waals surface area contributed by atoms with Crippen LogP contribution in [-0.4, -0.2) is 28.9 Å². The molecule has 1 fully saturated rings. The summed E-state index contributed by atoms with van der Waals surface area (Å²) in [5, 5.41) is 3.12. The fourth-order valence-corrected chi connectivity index (χ4v) is 4.25. The molecule has 1 aromatic heterocycles. The Labute approximate surface area is 190 Å². The van der Waals surface area contributed by atoms with E-state index in [0.717, 1.165) is 54.9 Å². The number of carbonyl (C=O) groups is 1. The minimum atomic E-state index is 0.0162. The van der Waals surface area contributed by atoms with E-state index in [-0.39, 0.29) is 11.8 Å². The van der Waals surface area contributed by atoms with Crippen LogP contribution in [0.1, 0.15) is 47.9 Å². The number of benzene rings is 2. The van der Waals surface area contributed by atoms with Crippen LogP contribution in [0.2, 0.25) is 0 Å². The second kappa shape index (κ2) is 10.1. The molecule has 0 saturated carbocycles. The maximum absolute atomic E-state index is 12.8. The summed E-state index contributed by atoms with van der Waals surface area (Å²) in [7, 11) is 0. The number of amides is 1. The Hall–Kier alpha value is -2.92. The van der Waals surface area contributed by atoms with E-state index in [0.29, 0.717) is 19.0 Å². The highest BCUT2D eigenvalue weighted by Crippen LogP contribution is 2.25. The summed E-state index contributed by atoms with van der Waals surface area (Å²) >= 11 is 0. The van der Waals surface area contributed by atoms with E-state index >= 15 is 0 Å². The van der Waals surface area contributed by atoms with Crippen molar-refractivity contribution in [2.45, 2.75) is 53.1 Å². The summed E-state index contributed by atoms with van der Waals surface area (Å²) in [6.07, 6.45) is 2.97. The Morgan fingerprint density at radius 1 is 1.09 bits per heavy atom. The van der Waals surface area contributed by atoms with Gasteiger partial charge in [-0.3, -0.25) is 9.69 Å². The number of rotatable bonds is 7. The average Bonchev–Trinajstić information content (AvgIpc) is 3.18. The van der Waals surface area contributed by atoms with Gasteiger partial charge in [-0.2, -0.15) is 0 Å². The predicted molar refractivity (Wildman–Crippen MR) is 127 cm³/mol. The molecular weight excluding hydrogens is 398 g/mol. The molecule has 0 bridgehead atoms. The van der Waals surface area contributed by atoms with Crippen LogP contribution in [0.3, 0.4) is 0 Å². The summed E-state index contributed by atoms with van der Waals surface area (Å²) in [6.45, 7) is 9.23. The monoisotopic (exact) mass is 431 g/mol. The molecule has 168 valence electrons. The maximum Gasteiger partial charge on any atom is 0.226 e. The maximum atomic E-state index is 12.8. The van der Waals surface area contributed by atoms with E-state index < -0.39 is 0 Å². The highest BCUT2D eigenvalue weighted by atomic mass is 16.4. The first-order valence-corrected chi connectivity index (χ1v) is 11.6. The van der Waals surface area contributed by atoms with Crippen molar-refractivity contribution in [3.8, 4) is 11.5 Å². The lowest BCUT2D eigenvalue weighted by molar-refractivity contribution is -0.127. The minimum absolute atomic E-state index is 0.0162. The number of aromatic nitrogens is 1. The zero-order valence-electron chi connectivity index (χ0n) is 19.4. The van der Waals surface area contributed by atoms with Gasteiger partial charge in [0.25, 0.3) is 0 Å². The van der Waals surface area contributed by atoms with Crippen LogP contribution < -0.4 is 5.32 Å². The molecule has 0 unspecified atom stereocenters. The lowest BCUT2D eigenvalue weighted by atomic mass is 9.97. The Balaban J connectivity index is 1.34. The molecule has 5 heteroatoms. The van der Waals surface area contributed by atoms with Crippen molar-refractivity contribution in [2.24, 2.45) is 5.92 Å². The Morgan fingerprint density at radius 3 is 2.53 bits per heavy atom. The molecule has 4 rings (SSSR count). The standard InChI is InChI=1S/C27H33N3O2/c1-4-21-11-13-23(14-12-21)27-29-25(20(3)32-27)18-30-15-5-6-24(17-30)26(31)28-16-22-9-7-19(2)8-10-22/h7-14,24H,4-6,15-18H2,1-3H3,(H,28,31)/t24-/m1/s1. The van der Waals surface area contributed by atoms with Gasteiger partial charge < -0.3 is 9.73 Å². The molecular formula is C27H33N3O2. The zero-order valence-corrected chi connectivity index (χ0v) is 19.4. The third-order valence-electron chi connectivity index (χ3n) is 6.34. The van der Waals surface area contributed by atoms with Crippen molar-refractivity contribution in [2.75, 3.05) is 13.1 Å². The molecule has 2 heterocycles. The number of carbonyl (C=O) groups excluding carboxylic acids is 1. The number of piperidine rings is 1. The largest absolute Gasteiger partial charge is 0.441 e. The van der Waals surface area contributed by atoms with Gasteiger partial charge >= 0.3 is 0 Å². The molecule has 1 aliphatic heterocycles. The molecule has 2 aromatic carbocycles. The van der Waals surface area contributed by atoms with E-state index in [4.69, 9.17) is 9.40 Å². The Kier molecular flexibility index (Phi) is 7.05. The van der Waals surface area contributed by atoms with E-state index in [1.165, 1.54) is 11.1 Å². The summed E-state index contributed by atoms with van der Waals surface area (Å²) < 4.78 is 5.97. The summed E-state index contributed by atoms with van der Waals surface area (Å²) in [5.74, 6) is 1.68. The van der Waals surface area contributed by atoms with Crippen molar-refractivity contribution in [3.63, 3.8) is 0 Å². The van der Waals surface area contributed by atoms with Crippen LogP contribution in [-0.2, 0) is 24.3 Å². The number of hydrogen-bond acceptors (Lipinski definition) is 4. The van der Waals surface area contributed by atoms with Crippen molar-refractivity contribution in [1.29, 1.82) is 0 Å². The van der Waals surface area contributed by atoms with Crippen LogP contribution in [0.5, 0.6) is 0 Å². The molecule has 5 nitrogen and oxygen atoms in total. The van der Waals surface area contributed by atoms with Crippen LogP contribution in [0.4, 0.5) is 0 Å². The van der Waals surface area contributed by atoms with Crippen molar-refractivity contribution in [3.05, 3.63) is 76.7 Å². The van der Waals surface area contributed by atoms with Gasteiger partial charge in [0.15, 0.2) is 0 Å². The fourth-order valence-electron chi connectivity index (χ4n) is 4.25. The topological polar surface area (TPSA) is 58.4 Å². The number of hydrogen-bond donors (Lipinski definition) is 1. The number of nitrogens with one attached hydrogen (secondary N) is 1. The predicted octanol–water partition coefficient (Wildman–Crippen LogP) is 5.05. The first-order valence-electron chi connectivity index (χ1n) is 11.6. The smallest absolute Gasteiger partial charge is 0.226 e. The van der Waals surface area contributed by atoms with E-state index in [1.54, 1.807) is 0 Å². The lowest BCUT2D eigenvalue weighted by Gasteiger charge is -2.31. The molecule has 0 spiro atoms. The second-order valence-electron chi connectivity index (χ2n) is 8.85. The molecule has 32 heavy (non-hydrogen) atoms. The molecule has 1 atom stereocenters. The van der Waals surface area contributed by atoms with Gasteiger partial charge in [0.2, 0.25) is 11.8 Å². The van der Waals surface area contributed by atoms with Gasteiger partial charge in [0.1, 0.15) is 5.76 Å². The molecule has 3 aromatic rings. The zero-order chi connectivity index (χ0) is 22.5. The van der Waals surface area contributed by atoms with Gasteiger partial charge in [-0.05, 0) is 62.9 Å². The van der Waals surface area contributed by atoms with Crippen molar-refractivity contribution >= 4 is 5.91 Å². The van der Waals surface area contributed by atoms with E-state index in [1.807, 2.05) is 6.92 Å². The lowest BCUT2D eigenvalue weighted by Crippen LogP contribution is -2.42. The second-order valence-corrected chi connectivity index (χ2v) is 8.85. The summed E-state index contributed by atoms with van der Waals surface area (Å²) in [5.41, 5.74) is 5.63. The number of likely N-dealkylation sites (tertiary alicyclic amines) is 1. The van der Waals surface area contributed by atoms with Crippen LogP contribution in [0.25, 0.3) is 11.5 Å². The fraction of sp³-hybridized carbons (Fsp3) is 0.407. The molecule has 1 amide bonds. The molecule has 0 radical (unpaired) electrons. The summed E-state index contributed by atoms with van der Waals surface area (Å²) in [6, 6.07) is 16.7. The number of nitrogens with zero attached hydrogens (tertiary/aromatic N) is 2. The van der Waals surface area contributed by atoms with E-state index in [9.17, 15) is 4.79 Å².